The molecule has 0 atom stereocenters. The van der Waals surface area contributed by atoms with Crippen molar-refractivity contribution in [3.63, 3.8) is 0 Å². The molecule has 3 aromatic heterocycles. The number of carbonyl (C=O) groups excluding carboxylic acids is 1. The van der Waals surface area contributed by atoms with Gasteiger partial charge in [0.05, 0.1) is 22.1 Å². The number of para-hydroxylation sites is 1. The Bertz CT molecular complexity index is 1490. The van der Waals surface area contributed by atoms with Crippen molar-refractivity contribution >= 4 is 49.3 Å². The summed E-state index contributed by atoms with van der Waals surface area (Å²) in [6.07, 6.45) is 2.86. The maximum atomic E-state index is 13.6. The average Bonchev–Trinajstić information content (AvgIpc) is 3.33. The number of aryl methyl sites for hydroxylation is 3. The van der Waals surface area contributed by atoms with Crippen LogP contribution in [0, 0.1) is 13.8 Å². The molecule has 2 aromatic carbocycles. The summed E-state index contributed by atoms with van der Waals surface area (Å²) in [5, 5.41) is 5.02. The van der Waals surface area contributed by atoms with Crippen LogP contribution in [-0.2, 0) is 18.4 Å². The molecular weight excluding hydrogens is 424 g/mol. The van der Waals surface area contributed by atoms with Crippen LogP contribution in [0.4, 0.5) is 10.8 Å². The number of carbonyl (C=O) groups is 1. The Balaban J connectivity index is 1.60. The van der Waals surface area contributed by atoms with Crippen LogP contribution in [0.25, 0.3) is 21.3 Å². The minimum Gasteiger partial charge on any atom is -0.289 e. The first-order valence-electron chi connectivity index (χ1n) is 10.0. The number of aromatic nitrogens is 5. The van der Waals surface area contributed by atoms with Gasteiger partial charge in [-0.15, -0.1) is 0 Å². The van der Waals surface area contributed by atoms with E-state index in [1.165, 1.54) is 33.1 Å². The molecule has 0 saturated heterocycles. The number of amides is 1. The minimum atomic E-state index is -0.305. The first-order valence-corrected chi connectivity index (χ1v) is 10.9. The smallest absolute Gasteiger partial charge is 0.264 e. The lowest BCUT2D eigenvalue weighted by molar-refractivity contribution is -0.118. The van der Waals surface area contributed by atoms with Gasteiger partial charge in [-0.2, -0.15) is 5.10 Å². The molecule has 8 nitrogen and oxygen atoms in total. The molecule has 0 bridgehead atoms. The molecule has 32 heavy (non-hydrogen) atoms. The Hall–Kier alpha value is -3.85. The van der Waals surface area contributed by atoms with Gasteiger partial charge in [-0.3, -0.25) is 23.7 Å². The zero-order chi connectivity index (χ0) is 22.4. The van der Waals surface area contributed by atoms with Crippen molar-refractivity contribution in [2.75, 3.05) is 4.90 Å². The third kappa shape index (κ3) is 3.46. The molecule has 0 aliphatic heterocycles. The van der Waals surface area contributed by atoms with Crippen LogP contribution < -0.4 is 10.5 Å². The maximum absolute atomic E-state index is 13.6. The van der Waals surface area contributed by atoms with Gasteiger partial charge in [0, 0.05) is 7.05 Å². The van der Waals surface area contributed by atoms with Gasteiger partial charge in [0.25, 0.3) is 11.5 Å². The molecule has 5 aromatic rings. The largest absolute Gasteiger partial charge is 0.289 e. The van der Waals surface area contributed by atoms with E-state index in [-0.39, 0.29) is 18.0 Å². The van der Waals surface area contributed by atoms with Crippen molar-refractivity contribution in [3.8, 4) is 0 Å². The predicted octanol–water partition coefficient (Wildman–Crippen LogP) is 3.72. The highest BCUT2D eigenvalue weighted by molar-refractivity contribution is 7.22. The lowest BCUT2D eigenvalue weighted by atomic mass is 10.1. The second-order valence-corrected chi connectivity index (χ2v) is 8.73. The third-order valence-electron chi connectivity index (χ3n) is 5.21. The number of fused-ring (bicyclic) bond motifs is 2. The summed E-state index contributed by atoms with van der Waals surface area (Å²) in [6.45, 7) is 3.81. The van der Waals surface area contributed by atoms with Gasteiger partial charge in [-0.25, -0.2) is 9.97 Å². The highest BCUT2D eigenvalue weighted by Gasteiger charge is 2.23. The number of hydrogen-bond donors (Lipinski definition) is 0. The van der Waals surface area contributed by atoms with Crippen molar-refractivity contribution in [2.24, 2.45) is 7.05 Å². The molecule has 9 heteroatoms. The van der Waals surface area contributed by atoms with Crippen LogP contribution in [-0.4, -0.2) is 30.2 Å². The SMILES string of the molecule is Cc1cc(C)cc(N(C(=O)Cn2cnc3c(cnn3C)c2=O)c2nc3ccccc3s2)c1. The van der Waals surface area contributed by atoms with Gasteiger partial charge in [-0.1, -0.05) is 29.5 Å². The van der Waals surface area contributed by atoms with E-state index in [0.29, 0.717) is 16.2 Å². The fourth-order valence-electron chi connectivity index (χ4n) is 3.79. The molecular formula is C23H20N6O2S. The highest BCUT2D eigenvalue weighted by atomic mass is 32.1. The van der Waals surface area contributed by atoms with Gasteiger partial charge >= 0.3 is 0 Å². The van der Waals surface area contributed by atoms with E-state index in [9.17, 15) is 9.59 Å². The van der Waals surface area contributed by atoms with E-state index >= 15 is 0 Å². The summed E-state index contributed by atoms with van der Waals surface area (Å²) in [7, 11) is 1.72. The van der Waals surface area contributed by atoms with E-state index in [1.54, 1.807) is 11.9 Å². The molecule has 5 rings (SSSR count). The number of benzene rings is 2. The molecule has 0 N–H and O–H groups in total. The summed E-state index contributed by atoms with van der Waals surface area (Å²) in [5.41, 5.74) is 3.79. The van der Waals surface area contributed by atoms with Crippen molar-refractivity contribution < 1.29 is 4.79 Å². The van der Waals surface area contributed by atoms with E-state index < -0.39 is 0 Å². The van der Waals surface area contributed by atoms with E-state index in [2.05, 4.69) is 16.1 Å². The average molecular weight is 445 g/mol. The molecule has 0 unspecified atom stereocenters. The van der Waals surface area contributed by atoms with Gasteiger partial charge in [0.1, 0.15) is 18.3 Å². The lowest BCUT2D eigenvalue weighted by Crippen LogP contribution is -2.33. The standard InChI is InChI=1S/C23H20N6O2S/c1-14-8-15(2)10-16(9-14)29(23-26-18-6-4-5-7-19(18)32-23)20(30)12-28-13-24-21-17(22(28)31)11-25-27(21)3/h4-11,13H,12H2,1-3H3. The molecule has 0 fully saturated rings. The number of anilines is 2. The molecule has 3 heterocycles. The number of rotatable bonds is 4. The van der Waals surface area contributed by atoms with Crippen LogP contribution in [0.15, 0.2) is 59.8 Å². The molecule has 0 aliphatic rings. The van der Waals surface area contributed by atoms with E-state index in [4.69, 9.17) is 4.98 Å². The minimum absolute atomic E-state index is 0.167. The zero-order valence-electron chi connectivity index (χ0n) is 17.8. The lowest BCUT2D eigenvalue weighted by Gasteiger charge is -2.21. The Kier molecular flexibility index (Phi) is 4.82. The Labute approximate surface area is 187 Å². The monoisotopic (exact) mass is 444 g/mol. The van der Waals surface area contributed by atoms with Crippen LogP contribution >= 0.6 is 11.3 Å². The van der Waals surface area contributed by atoms with Crippen molar-refractivity contribution in [3.05, 3.63) is 76.5 Å². The van der Waals surface area contributed by atoms with Crippen molar-refractivity contribution in [1.29, 1.82) is 0 Å². The fraction of sp³-hybridized carbons (Fsp3) is 0.174. The van der Waals surface area contributed by atoms with Gasteiger partial charge in [0.2, 0.25) is 0 Å². The fourth-order valence-corrected chi connectivity index (χ4v) is 4.80. The quantitative estimate of drug-likeness (QED) is 0.422. The molecule has 0 aliphatic carbocycles. The Morgan fingerprint density at radius 2 is 1.88 bits per heavy atom. The number of thiazole rings is 1. The molecule has 0 saturated carbocycles. The van der Waals surface area contributed by atoms with Crippen LogP contribution in [0.5, 0.6) is 0 Å². The molecule has 0 spiro atoms. The summed E-state index contributed by atoms with van der Waals surface area (Å²) in [5.74, 6) is -0.277. The second-order valence-electron chi connectivity index (χ2n) is 7.72. The van der Waals surface area contributed by atoms with Crippen LogP contribution in [0.1, 0.15) is 11.1 Å². The maximum Gasteiger partial charge on any atom is 0.264 e. The third-order valence-corrected chi connectivity index (χ3v) is 6.23. The van der Waals surface area contributed by atoms with E-state index in [1.807, 2.05) is 50.2 Å². The predicted molar refractivity (Wildman–Crippen MR) is 125 cm³/mol. The normalized spacial score (nSPS) is 11.3. The molecule has 1 amide bonds. The Morgan fingerprint density at radius 1 is 1.12 bits per heavy atom. The first-order chi connectivity index (χ1) is 15.4. The van der Waals surface area contributed by atoms with Gasteiger partial charge < -0.3 is 0 Å². The van der Waals surface area contributed by atoms with Gasteiger partial charge in [-0.05, 0) is 49.2 Å². The van der Waals surface area contributed by atoms with Crippen LogP contribution in [0.2, 0.25) is 0 Å². The molecule has 0 radical (unpaired) electrons. The number of hydrogen-bond acceptors (Lipinski definition) is 6. The van der Waals surface area contributed by atoms with Gasteiger partial charge in [0.15, 0.2) is 10.8 Å². The Morgan fingerprint density at radius 3 is 2.62 bits per heavy atom. The summed E-state index contributed by atoms with van der Waals surface area (Å²) in [6, 6.07) is 13.7. The summed E-state index contributed by atoms with van der Waals surface area (Å²) < 4.78 is 3.83. The van der Waals surface area contributed by atoms with Crippen molar-refractivity contribution in [1.82, 2.24) is 24.3 Å². The number of nitrogens with zero attached hydrogens (tertiary/aromatic N) is 6. The van der Waals surface area contributed by atoms with E-state index in [0.717, 1.165) is 27.0 Å². The topological polar surface area (TPSA) is 85.9 Å². The van der Waals surface area contributed by atoms with Crippen molar-refractivity contribution in [2.45, 2.75) is 20.4 Å². The summed E-state index contributed by atoms with van der Waals surface area (Å²) in [4.78, 5) is 37.1. The second kappa shape index (κ2) is 7.69. The summed E-state index contributed by atoms with van der Waals surface area (Å²) >= 11 is 1.44. The van der Waals surface area contributed by atoms with Crippen LogP contribution in [0.3, 0.4) is 0 Å². The first kappa shape index (κ1) is 20.1. The highest BCUT2D eigenvalue weighted by Crippen LogP contribution is 2.34. The zero-order valence-corrected chi connectivity index (χ0v) is 18.6. The molecule has 160 valence electrons.